The summed E-state index contributed by atoms with van der Waals surface area (Å²) in [4.78, 5) is 0. The van der Waals surface area contributed by atoms with Gasteiger partial charge < -0.3 is 5.11 Å². The van der Waals surface area contributed by atoms with Crippen LogP contribution in [-0.2, 0) is 0 Å². The number of aliphatic hydroxyl groups is 1. The van der Waals surface area contributed by atoms with Gasteiger partial charge in [0.1, 0.15) is 0 Å². The minimum Gasteiger partial charge on any atom is -0.390 e. The Morgan fingerprint density at radius 1 is 0.947 bits per heavy atom. The molecule has 1 nitrogen and oxygen atoms in total. The van der Waals surface area contributed by atoms with Crippen LogP contribution < -0.4 is 0 Å². The first-order valence-electron chi connectivity index (χ1n) is 8.62. The van der Waals surface area contributed by atoms with E-state index in [2.05, 4.69) is 27.7 Å². The van der Waals surface area contributed by atoms with Crippen LogP contribution in [0.3, 0.4) is 0 Å². The number of hydrogen-bond acceptors (Lipinski definition) is 1. The molecule has 1 N–H and O–H groups in total. The molecule has 1 aliphatic carbocycles. The van der Waals surface area contributed by atoms with Crippen molar-refractivity contribution in [2.24, 2.45) is 11.3 Å². The summed E-state index contributed by atoms with van der Waals surface area (Å²) < 4.78 is 0. The molecule has 0 aromatic rings. The van der Waals surface area contributed by atoms with Crippen molar-refractivity contribution in [3.05, 3.63) is 0 Å². The summed E-state index contributed by atoms with van der Waals surface area (Å²) in [6.07, 6.45) is 14.0. The number of hydrogen-bond donors (Lipinski definition) is 1. The van der Waals surface area contributed by atoms with Crippen molar-refractivity contribution in [1.29, 1.82) is 0 Å². The molecule has 2 atom stereocenters. The van der Waals surface area contributed by atoms with Gasteiger partial charge in [-0.05, 0) is 30.6 Å². The summed E-state index contributed by atoms with van der Waals surface area (Å²) in [5.41, 5.74) is -0.0277. The summed E-state index contributed by atoms with van der Waals surface area (Å²) in [5.74, 6) is 0.479. The molecule has 0 spiro atoms. The fourth-order valence-electron chi connectivity index (χ4n) is 3.99. The van der Waals surface area contributed by atoms with Crippen molar-refractivity contribution >= 4 is 0 Å². The van der Waals surface area contributed by atoms with Gasteiger partial charge in [0, 0.05) is 0 Å². The third kappa shape index (κ3) is 5.85. The molecule has 0 bridgehead atoms. The molecule has 0 aromatic heterocycles. The maximum absolute atomic E-state index is 10.8. The van der Waals surface area contributed by atoms with Crippen LogP contribution in [0.15, 0.2) is 0 Å². The molecule has 1 rings (SSSR count). The van der Waals surface area contributed by atoms with E-state index in [1.54, 1.807) is 0 Å². The molecule has 0 saturated heterocycles. The molecule has 19 heavy (non-hydrogen) atoms. The second kappa shape index (κ2) is 7.67. The third-order valence-electron chi connectivity index (χ3n) is 5.02. The zero-order valence-electron chi connectivity index (χ0n) is 13.8. The standard InChI is InChI=1S/C18H36O/c1-5-6-7-8-9-10-11-12-13-18(19)15-17(3,4)14-16(18)2/h16,19H,5-15H2,1-4H3. The van der Waals surface area contributed by atoms with Gasteiger partial charge >= 0.3 is 0 Å². The molecule has 0 aliphatic heterocycles. The molecule has 2 unspecified atom stereocenters. The van der Waals surface area contributed by atoms with E-state index in [-0.39, 0.29) is 5.60 Å². The van der Waals surface area contributed by atoms with Gasteiger partial charge in [0.15, 0.2) is 0 Å². The average molecular weight is 268 g/mol. The number of unbranched alkanes of at least 4 members (excludes halogenated alkanes) is 7. The van der Waals surface area contributed by atoms with E-state index in [0.717, 1.165) is 12.8 Å². The Balaban J connectivity index is 2.09. The molecule has 1 fully saturated rings. The Bertz CT molecular complexity index is 246. The lowest BCUT2D eigenvalue weighted by molar-refractivity contribution is -0.00625. The molecule has 0 aromatic carbocycles. The zero-order chi connectivity index (χ0) is 14.4. The van der Waals surface area contributed by atoms with Crippen LogP contribution in [0.4, 0.5) is 0 Å². The summed E-state index contributed by atoms with van der Waals surface area (Å²) in [6.45, 7) is 9.11. The molecule has 0 radical (unpaired) electrons. The lowest BCUT2D eigenvalue weighted by Crippen LogP contribution is -2.31. The fraction of sp³-hybridized carbons (Fsp3) is 1.00. The highest BCUT2D eigenvalue weighted by atomic mass is 16.3. The van der Waals surface area contributed by atoms with Gasteiger partial charge in [-0.25, -0.2) is 0 Å². The highest BCUT2D eigenvalue weighted by Gasteiger charge is 2.46. The van der Waals surface area contributed by atoms with Gasteiger partial charge in [-0.2, -0.15) is 0 Å². The van der Waals surface area contributed by atoms with Gasteiger partial charge in [-0.1, -0.05) is 79.1 Å². The molecular weight excluding hydrogens is 232 g/mol. The van der Waals surface area contributed by atoms with Crippen molar-refractivity contribution < 1.29 is 5.11 Å². The van der Waals surface area contributed by atoms with Gasteiger partial charge in [0.2, 0.25) is 0 Å². The Labute approximate surface area is 121 Å². The third-order valence-corrected chi connectivity index (χ3v) is 5.02. The quantitative estimate of drug-likeness (QED) is 0.531. The van der Waals surface area contributed by atoms with Crippen molar-refractivity contribution in [3.8, 4) is 0 Å². The van der Waals surface area contributed by atoms with E-state index in [1.807, 2.05) is 0 Å². The first-order chi connectivity index (χ1) is 8.90. The predicted molar refractivity (Wildman–Crippen MR) is 84.4 cm³/mol. The molecule has 1 saturated carbocycles. The van der Waals surface area contributed by atoms with Crippen LogP contribution in [0.1, 0.15) is 98.3 Å². The highest BCUT2D eigenvalue weighted by Crippen LogP contribution is 2.49. The van der Waals surface area contributed by atoms with Crippen LogP contribution in [-0.4, -0.2) is 10.7 Å². The Kier molecular flexibility index (Phi) is 6.86. The van der Waals surface area contributed by atoms with Crippen molar-refractivity contribution in [3.63, 3.8) is 0 Å². The second-order valence-electron chi connectivity index (χ2n) is 7.77. The summed E-state index contributed by atoms with van der Waals surface area (Å²) in [7, 11) is 0. The van der Waals surface area contributed by atoms with Gasteiger partial charge in [0.25, 0.3) is 0 Å². The Hall–Kier alpha value is -0.0400. The summed E-state index contributed by atoms with van der Waals surface area (Å²) in [6, 6.07) is 0. The molecule has 1 aliphatic rings. The molecule has 0 heterocycles. The Morgan fingerprint density at radius 3 is 1.95 bits per heavy atom. The lowest BCUT2D eigenvalue weighted by atomic mass is 9.85. The minimum atomic E-state index is -0.369. The SMILES string of the molecule is CCCCCCCCCCC1(O)CC(C)(C)CC1C. The van der Waals surface area contributed by atoms with Gasteiger partial charge in [-0.3, -0.25) is 0 Å². The second-order valence-corrected chi connectivity index (χ2v) is 7.77. The first-order valence-corrected chi connectivity index (χ1v) is 8.62. The van der Waals surface area contributed by atoms with E-state index in [0.29, 0.717) is 11.3 Å². The van der Waals surface area contributed by atoms with E-state index in [1.165, 1.54) is 57.8 Å². The van der Waals surface area contributed by atoms with Crippen molar-refractivity contribution in [1.82, 2.24) is 0 Å². The normalized spacial score (nSPS) is 29.8. The summed E-state index contributed by atoms with van der Waals surface area (Å²) >= 11 is 0. The Morgan fingerprint density at radius 2 is 1.47 bits per heavy atom. The van der Waals surface area contributed by atoms with E-state index in [9.17, 15) is 5.11 Å². The predicted octanol–water partition coefficient (Wildman–Crippen LogP) is 5.70. The molecule has 0 amide bonds. The average Bonchev–Trinajstić information content (AvgIpc) is 2.51. The molecular formula is C18H36O. The van der Waals surface area contributed by atoms with E-state index in [4.69, 9.17) is 0 Å². The van der Waals surface area contributed by atoms with Gasteiger partial charge in [-0.15, -0.1) is 0 Å². The maximum Gasteiger partial charge on any atom is 0.0678 e. The topological polar surface area (TPSA) is 20.2 Å². The fourth-order valence-corrected chi connectivity index (χ4v) is 3.99. The largest absolute Gasteiger partial charge is 0.390 e. The van der Waals surface area contributed by atoms with Crippen LogP contribution in [0.2, 0.25) is 0 Å². The smallest absolute Gasteiger partial charge is 0.0678 e. The van der Waals surface area contributed by atoms with Crippen LogP contribution in [0.5, 0.6) is 0 Å². The van der Waals surface area contributed by atoms with Crippen molar-refractivity contribution in [2.75, 3.05) is 0 Å². The number of rotatable bonds is 9. The van der Waals surface area contributed by atoms with Crippen LogP contribution in [0, 0.1) is 11.3 Å². The zero-order valence-corrected chi connectivity index (χ0v) is 13.8. The van der Waals surface area contributed by atoms with Crippen LogP contribution in [0.25, 0.3) is 0 Å². The molecule has 1 heteroatoms. The van der Waals surface area contributed by atoms with E-state index >= 15 is 0 Å². The minimum absolute atomic E-state index is 0.342. The van der Waals surface area contributed by atoms with Crippen molar-refractivity contribution in [2.45, 2.75) is 104 Å². The van der Waals surface area contributed by atoms with E-state index < -0.39 is 0 Å². The molecule has 114 valence electrons. The first kappa shape index (κ1) is 17.0. The maximum atomic E-state index is 10.8. The lowest BCUT2D eigenvalue weighted by Gasteiger charge is -2.28. The monoisotopic (exact) mass is 268 g/mol. The van der Waals surface area contributed by atoms with Crippen LogP contribution >= 0.6 is 0 Å². The summed E-state index contributed by atoms with van der Waals surface area (Å²) in [5, 5.41) is 10.8. The van der Waals surface area contributed by atoms with Gasteiger partial charge in [0.05, 0.1) is 5.60 Å². The highest BCUT2D eigenvalue weighted by molar-refractivity contribution is 4.98.